The van der Waals surface area contributed by atoms with Crippen molar-refractivity contribution in [3.05, 3.63) is 0 Å². The van der Waals surface area contributed by atoms with Crippen molar-refractivity contribution in [2.75, 3.05) is 6.54 Å². The molecule has 0 aromatic heterocycles. The molecule has 0 unspecified atom stereocenters. The Labute approximate surface area is 86.5 Å². The molecule has 0 aromatic rings. The van der Waals surface area contributed by atoms with Crippen molar-refractivity contribution < 1.29 is 0 Å². The number of hydrogen-bond acceptors (Lipinski definition) is 3. The monoisotopic (exact) mass is 193 g/mol. The van der Waals surface area contributed by atoms with Crippen molar-refractivity contribution in [3.63, 3.8) is 0 Å². The van der Waals surface area contributed by atoms with Gasteiger partial charge in [0, 0.05) is 6.54 Å². The summed E-state index contributed by atoms with van der Waals surface area (Å²) in [4.78, 5) is 0. The Balaban J connectivity index is 0.000000241. The van der Waals surface area contributed by atoms with Crippen LogP contribution in [0.25, 0.3) is 0 Å². The maximum Gasteiger partial charge on any atom is 0.145 e. The van der Waals surface area contributed by atoms with Gasteiger partial charge in [-0.25, -0.2) is 0 Å². The van der Waals surface area contributed by atoms with Gasteiger partial charge in [-0.1, -0.05) is 39.0 Å². The number of hydrogen-bond donors (Lipinski definition) is 1. The van der Waals surface area contributed by atoms with Gasteiger partial charge in [0.1, 0.15) is 5.92 Å². The third kappa shape index (κ3) is 6.46. The van der Waals surface area contributed by atoms with Crippen molar-refractivity contribution in [1.29, 1.82) is 10.5 Å². The molecule has 0 aromatic carbocycles. The van der Waals surface area contributed by atoms with Crippen LogP contribution in [0, 0.1) is 34.5 Å². The van der Waals surface area contributed by atoms with Crippen molar-refractivity contribution in [2.24, 2.45) is 17.6 Å². The van der Waals surface area contributed by atoms with Gasteiger partial charge >= 0.3 is 0 Å². The minimum Gasteiger partial charge on any atom is -0.328 e. The lowest BCUT2D eigenvalue weighted by molar-refractivity contribution is 0.385. The Morgan fingerprint density at radius 1 is 1.21 bits per heavy atom. The summed E-state index contributed by atoms with van der Waals surface area (Å²) in [6, 6.07) is 3.43. The fourth-order valence-electron chi connectivity index (χ4n) is 1.44. The van der Waals surface area contributed by atoms with Crippen molar-refractivity contribution in [1.82, 2.24) is 0 Å². The minimum absolute atomic E-state index is 0.132. The second-order valence-electron chi connectivity index (χ2n) is 3.79. The van der Waals surface area contributed by atoms with E-state index in [0.29, 0.717) is 0 Å². The first-order valence-corrected chi connectivity index (χ1v) is 5.23. The number of rotatable bonds is 1. The molecule has 2 N–H and O–H groups in total. The van der Waals surface area contributed by atoms with Crippen molar-refractivity contribution >= 4 is 0 Å². The first-order valence-electron chi connectivity index (χ1n) is 5.23. The Morgan fingerprint density at radius 2 is 1.71 bits per heavy atom. The van der Waals surface area contributed by atoms with E-state index in [1.165, 1.54) is 32.1 Å². The standard InChI is InChI=1S/C7H14.C4H5N3/c1-7-5-3-2-4-6-7;5-1-4(2-6)3-7/h7H,2-6H2,1H3;4H,1,5H2. The summed E-state index contributed by atoms with van der Waals surface area (Å²) in [6.45, 7) is 2.49. The van der Waals surface area contributed by atoms with Gasteiger partial charge in [-0.3, -0.25) is 0 Å². The van der Waals surface area contributed by atoms with Crippen LogP contribution >= 0.6 is 0 Å². The molecule has 0 atom stereocenters. The van der Waals surface area contributed by atoms with E-state index in [1.807, 2.05) is 0 Å². The highest BCUT2D eigenvalue weighted by atomic mass is 14.5. The predicted octanol–water partition coefficient (Wildman–Crippen LogP) is 2.20. The van der Waals surface area contributed by atoms with Crippen LogP contribution in [0.4, 0.5) is 0 Å². The van der Waals surface area contributed by atoms with E-state index >= 15 is 0 Å². The summed E-state index contributed by atoms with van der Waals surface area (Å²) in [5.41, 5.74) is 4.95. The Hall–Kier alpha value is -1.06. The third-order valence-corrected chi connectivity index (χ3v) is 2.44. The first-order chi connectivity index (χ1) is 6.74. The van der Waals surface area contributed by atoms with E-state index in [-0.39, 0.29) is 6.54 Å². The first kappa shape index (κ1) is 12.9. The predicted molar refractivity (Wildman–Crippen MR) is 56.0 cm³/mol. The SMILES string of the molecule is CC1CCCCC1.N#CC(C#N)CN. The molecule has 14 heavy (non-hydrogen) atoms. The zero-order valence-corrected chi connectivity index (χ0v) is 8.87. The molecule has 1 aliphatic carbocycles. The summed E-state index contributed by atoms with van der Waals surface area (Å²) in [5, 5.41) is 15.9. The molecule has 1 fully saturated rings. The van der Waals surface area contributed by atoms with E-state index in [1.54, 1.807) is 12.1 Å². The van der Waals surface area contributed by atoms with E-state index in [4.69, 9.17) is 16.3 Å². The molecular weight excluding hydrogens is 174 g/mol. The zero-order chi connectivity index (χ0) is 10.8. The van der Waals surface area contributed by atoms with Gasteiger partial charge in [0.05, 0.1) is 12.1 Å². The van der Waals surface area contributed by atoms with E-state index in [2.05, 4.69) is 6.92 Å². The van der Waals surface area contributed by atoms with Crippen molar-refractivity contribution in [2.45, 2.75) is 39.0 Å². The summed E-state index contributed by atoms with van der Waals surface area (Å²) in [5.74, 6) is 0.411. The fourth-order valence-corrected chi connectivity index (χ4v) is 1.44. The molecule has 0 amide bonds. The normalized spacial score (nSPS) is 16.4. The van der Waals surface area contributed by atoms with Crippen molar-refractivity contribution in [3.8, 4) is 12.1 Å². The smallest absolute Gasteiger partial charge is 0.145 e. The van der Waals surface area contributed by atoms with Gasteiger partial charge < -0.3 is 5.73 Å². The molecule has 3 nitrogen and oxygen atoms in total. The van der Waals surface area contributed by atoms with Crippen LogP contribution in [-0.2, 0) is 0 Å². The number of nitriles is 2. The third-order valence-electron chi connectivity index (χ3n) is 2.44. The summed E-state index contributed by atoms with van der Waals surface area (Å²) in [7, 11) is 0. The quantitative estimate of drug-likeness (QED) is 0.693. The van der Waals surface area contributed by atoms with Crippen LogP contribution in [0.1, 0.15) is 39.0 Å². The van der Waals surface area contributed by atoms with Crippen LogP contribution in [-0.4, -0.2) is 6.54 Å². The molecule has 0 aliphatic heterocycles. The maximum absolute atomic E-state index is 7.97. The second kappa shape index (κ2) is 8.53. The van der Waals surface area contributed by atoms with Crippen LogP contribution in [0.15, 0.2) is 0 Å². The highest BCUT2D eigenvalue weighted by Gasteiger charge is 2.05. The van der Waals surface area contributed by atoms with Gasteiger partial charge in [-0.2, -0.15) is 10.5 Å². The fraction of sp³-hybridized carbons (Fsp3) is 0.818. The molecule has 0 bridgehead atoms. The van der Waals surface area contributed by atoms with Gasteiger partial charge in [-0.15, -0.1) is 0 Å². The summed E-state index contributed by atoms with van der Waals surface area (Å²) >= 11 is 0. The van der Waals surface area contributed by atoms with Crippen LogP contribution < -0.4 is 5.73 Å². The molecule has 3 heteroatoms. The Morgan fingerprint density at radius 3 is 1.86 bits per heavy atom. The lowest BCUT2D eigenvalue weighted by Crippen LogP contribution is -2.09. The van der Waals surface area contributed by atoms with E-state index in [0.717, 1.165) is 5.92 Å². The Bertz CT molecular complexity index is 192. The summed E-state index contributed by atoms with van der Waals surface area (Å²) < 4.78 is 0. The van der Waals surface area contributed by atoms with Crippen LogP contribution in [0.3, 0.4) is 0 Å². The lowest BCUT2D eigenvalue weighted by Gasteiger charge is -2.15. The molecule has 0 saturated heterocycles. The zero-order valence-electron chi connectivity index (χ0n) is 8.87. The second-order valence-corrected chi connectivity index (χ2v) is 3.79. The number of nitrogens with two attached hydrogens (primary N) is 1. The van der Waals surface area contributed by atoms with Crippen LogP contribution in [0.2, 0.25) is 0 Å². The molecule has 78 valence electrons. The van der Waals surface area contributed by atoms with E-state index < -0.39 is 5.92 Å². The molecule has 1 aliphatic rings. The lowest BCUT2D eigenvalue weighted by atomic mass is 9.91. The Kier molecular flexibility index (Phi) is 7.89. The molecule has 1 rings (SSSR count). The largest absolute Gasteiger partial charge is 0.328 e. The highest BCUT2D eigenvalue weighted by Crippen LogP contribution is 2.22. The van der Waals surface area contributed by atoms with Crippen LogP contribution in [0.5, 0.6) is 0 Å². The maximum atomic E-state index is 7.97. The highest BCUT2D eigenvalue weighted by molar-refractivity contribution is 4.99. The average Bonchev–Trinajstić information content (AvgIpc) is 2.22. The van der Waals surface area contributed by atoms with Gasteiger partial charge in [0.15, 0.2) is 0 Å². The minimum atomic E-state index is -0.625. The average molecular weight is 193 g/mol. The van der Waals surface area contributed by atoms with Gasteiger partial charge in [0.25, 0.3) is 0 Å². The molecule has 0 radical (unpaired) electrons. The molecular formula is C11H19N3. The van der Waals surface area contributed by atoms with Gasteiger partial charge in [-0.05, 0) is 5.92 Å². The number of nitrogens with zero attached hydrogens (tertiary/aromatic N) is 2. The van der Waals surface area contributed by atoms with Gasteiger partial charge in [0.2, 0.25) is 0 Å². The molecule has 1 saturated carbocycles. The molecule has 0 heterocycles. The topological polar surface area (TPSA) is 73.6 Å². The summed E-state index contributed by atoms with van der Waals surface area (Å²) in [6.07, 6.45) is 7.44. The van der Waals surface area contributed by atoms with E-state index in [9.17, 15) is 0 Å². The molecule has 0 spiro atoms.